The fourth-order valence-electron chi connectivity index (χ4n) is 2.72. The molecule has 0 atom stereocenters. The quantitative estimate of drug-likeness (QED) is 0.800. The van der Waals surface area contributed by atoms with E-state index in [1.54, 1.807) is 24.1 Å². The fraction of sp³-hybridized carbons (Fsp3) is 0.556. The molecule has 2 rings (SSSR count). The van der Waals surface area contributed by atoms with Crippen molar-refractivity contribution in [2.75, 3.05) is 20.2 Å². The largest absolute Gasteiger partial charge is 0.496 e. The number of rotatable bonds is 3. The number of amides is 1. The highest BCUT2D eigenvalue weighted by atomic mass is 16.6. The van der Waals surface area contributed by atoms with E-state index in [-0.39, 0.29) is 17.8 Å². The molecule has 0 unspecified atom stereocenters. The van der Waals surface area contributed by atoms with Crippen molar-refractivity contribution < 1.29 is 19.1 Å². The van der Waals surface area contributed by atoms with Gasteiger partial charge < -0.3 is 14.4 Å². The molecule has 0 aliphatic carbocycles. The van der Waals surface area contributed by atoms with Gasteiger partial charge in [0.15, 0.2) is 5.78 Å². The number of carbonyl (C=O) groups excluding carboxylic acids is 2. The number of ether oxygens (including phenoxy) is 2. The number of para-hydroxylation sites is 1. The van der Waals surface area contributed by atoms with Crippen LogP contribution in [0, 0.1) is 5.92 Å². The van der Waals surface area contributed by atoms with E-state index in [0.717, 1.165) is 0 Å². The van der Waals surface area contributed by atoms with E-state index in [0.29, 0.717) is 37.2 Å². The molecule has 1 aromatic carbocycles. The second-order valence-corrected chi connectivity index (χ2v) is 6.81. The first-order valence-electron chi connectivity index (χ1n) is 7.97. The Morgan fingerprint density at radius 3 is 2.30 bits per heavy atom. The third-order valence-corrected chi connectivity index (χ3v) is 3.89. The minimum atomic E-state index is -0.499. The lowest BCUT2D eigenvalue weighted by Gasteiger charge is -2.33. The van der Waals surface area contributed by atoms with Gasteiger partial charge in [-0.05, 0) is 45.7 Å². The van der Waals surface area contributed by atoms with Gasteiger partial charge in [0.1, 0.15) is 11.4 Å². The number of Topliss-reactive ketones (excluding diaryl/α,β-unsaturated/α-hetero) is 1. The molecule has 0 radical (unpaired) electrons. The van der Waals surface area contributed by atoms with Crippen LogP contribution >= 0.6 is 0 Å². The van der Waals surface area contributed by atoms with Gasteiger partial charge >= 0.3 is 6.09 Å². The van der Waals surface area contributed by atoms with E-state index in [1.165, 1.54) is 0 Å². The summed E-state index contributed by atoms with van der Waals surface area (Å²) in [6.45, 7) is 6.63. The molecule has 5 heteroatoms. The van der Waals surface area contributed by atoms with Gasteiger partial charge in [-0.15, -0.1) is 0 Å². The van der Waals surface area contributed by atoms with Crippen molar-refractivity contribution in [2.24, 2.45) is 5.92 Å². The summed E-state index contributed by atoms with van der Waals surface area (Å²) < 4.78 is 10.6. The van der Waals surface area contributed by atoms with Crippen molar-refractivity contribution in [3.8, 4) is 5.75 Å². The highest BCUT2D eigenvalue weighted by Crippen LogP contribution is 2.27. The summed E-state index contributed by atoms with van der Waals surface area (Å²) in [5.41, 5.74) is 0.118. The Hall–Kier alpha value is -2.04. The zero-order valence-electron chi connectivity index (χ0n) is 14.3. The number of likely N-dealkylation sites (tertiary alicyclic amines) is 1. The number of hydrogen-bond acceptors (Lipinski definition) is 4. The van der Waals surface area contributed by atoms with E-state index in [2.05, 4.69) is 0 Å². The molecule has 1 amide bonds. The van der Waals surface area contributed by atoms with Crippen molar-refractivity contribution in [1.29, 1.82) is 0 Å². The minimum absolute atomic E-state index is 0.0787. The molecule has 1 aromatic rings. The molecule has 126 valence electrons. The maximum atomic E-state index is 12.7. The lowest BCUT2D eigenvalue weighted by Crippen LogP contribution is -2.43. The van der Waals surface area contributed by atoms with E-state index < -0.39 is 5.60 Å². The van der Waals surface area contributed by atoms with Gasteiger partial charge in [-0.2, -0.15) is 0 Å². The van der Waals surface area contributed by atoms with Crippen molar-refractivity contribution >= 4 is 11.9 Å². The number of ketones is 1. The predicted molar refractivity (Wildman–Crippen MR) is 87.9 cm³/mol. The number of carbonyl (C=O) groups is 2. The number of hydrogen-bond donors (Lipinski definition) is 0. The molecule has 1 saturated heterocycles. The van der Waals surface area contributed by atoms with E-state index in [1.807, 2.05) is 32.9 Å². The summed E-state index contributed by atoms with van der Waals surface area (Å²) in [5.74, 6) is 0.614. The van der Waals surface area contributed by atoms with Crippen LogP contribution in [0.25, 0.3) is 0 Å². The Labute approximate surface area is 137 Å². The van der Waals surface area contributed by atoms with Crippen LogP contribution in [0.3, 0.4) is 0 Å². The Balaban J connectivity index is 1.96. The van der Waals surface area contributed by atoms with Crippen molar-refractivity contribution in [3.05, 3.63) is 29.8 Å². The van der Waals surface area contributed by atoms with Gasteiger partial charge in [-0.25, -0.2) is 4.79 Å². The third-order valence-electron chi connectivity index (χ3n) is 3.89. The van der Waals surface area contributed by atoms with Gasteiger partial charge in [0, 0.05) is 19.0 Å². The molecule has 23 heavy (non-hydrogen) atoms. The standard InChI is InChI=1S/C18H25NO4/c1-18(2,3)23-17(21)19-11-9-13(10-12-19)16(20)14-7-5-6-8-15(14)22-4/h5-8,13H,9-12H2,1-4H3. The second kappa shape index (κ2) is 7.02. The van der Waals surface area contributed by atoms with Crippen LogP contribution in [0.2, 0.25) is 0 Å². The summed E-state index contributed by atoms with van der Waals surface area (Å²) in [5, 5.41) is 0. The van der Waals surface area contributed by atoms with E-state index in [4.69, 9.17) is 9.47 Å². The second-order valence-electron chi connectivity index (χ2n) is 6.81. The van der Waals surface area contributed by atoms with Crippen molar-refractivity contribution in [1.82, 2.24) is 4.90 Å². The van der Waals surface area contributed by atoms with Gasteiger partial charge in [0.05, 0.1) is 12.7 Å². The zero-order valence-corrected chi connectivity index (χ0v) is 14.3. The van der Waals surface area contributed by atoms with Crippen LogP contribution in [-0.4, -0.2) is 42.6 Å². The van der Waals surface area contributed by atoms with Crippen LogP contribution in [0.4, 0.5) is 4.79 Å². The topological polar surface area (TPSA) is 55.8 Å². The highest BCUT2D eigenvalue weighted by Gasteiger charge is 2.31. The number of piperidine rings is 1. The first-order chi connectivity index (χ1) is 10.8. The molecule has 1 fully saturated rings. The summed E-state index contributed by atoms with van der Waals surface area (Å²) >= 11 is 0. The molecule has 1 aliphatic heterocycles. The average Bonchev–Trinajstić information content (AvgIpc) is 2.52. The molecule has 1 heterocycles. The number of nitrogens with zero attached hydrogens (tertiary/aromatic N) is 1. The van der Waals surface area contributed by atoms with Crippen LogP contribution in [0.15, 0.2) is 24.3 Å². The summed E-state index contributed by atoms with van der Waals surface area (Å²) in [4.78, 5) is 26.4. The van der Waals surface area contributed by atoms with Gasteiger partial charge in [0.2, 0.25) is 0 Å². The summed E-state index contributed by atoms with van der Waals surface area (Å²) in [6, 6.07) is 7.27. The smallest absolute Gasteiger partial charge is 0.410 e. The fourth-order valence-corrected chi connectivity index (χ4v) is 2.72. The Bertz CT molecular complexity index is 569. The van der Waals surface area contributed by atoms with Crippen molar-refractivity contribution in [2.45, 2.75) is 39.2 Å². The van der Waals surface area contributed by atoms with Gasteiger partial charge in [0.25, 0.3) is 0 Å². The Kier molecular flexibility index (Phi) is 5.29. The molecule has 5 nitrogen and oxygen atoms in total. The van der Waals surface area contributed by atoms with Gasteiger partial charge in [-0.3, -0.25) is 4.79 Å². The molecule has 0 bridgehead atoms. The molecule has 1 aliphatic rings. The molecule has 0 spiro atoms. The average molecular weight is 319 g/mol. The number of benzene rings is 1. The molecular weight excluding hydrogens is 294 g/mol. The first-order valence-corrected chi connectivity index (χ1v) is 7.97. The predicted octanol–water partition coefficient (Wildman–Crippen LogP) is 3.53. The molecule has 0 aromatic heterocycles. The first kappa shape index (κ1) is 17.3. The van der Waals surface area contributed by atoms with Crippen LogP contribution in [-0.2, 0) is 4.74 Å². The lowest BCUT2D eigenvalue weighted by atomic mass is 9.88. The summed E-state index contributed by atoms with van der Waals surface area (Å²) in [7, 11) is 1.57. The van der Waals surface area contributed by atoms with E-state index >= 15 is 0 Å². The Morgan fingerprint density at radius 2 is 1.74 bits per heavy atom. The van der Waals surface area contributed by atoms with Crippen LogP contribution in [0.5, 0.6) is 5.75 Å². The molecular formula is C18H25NO4. The number of methoxy groups -OCH3 is 1. The van der Waals surface area contributed by atoms with Crippen LogP contribution < -0.4 is 4.74 Å². The lowest BCUT2D eigenvalue weighted by molar-refractivity contribution is 0.0182. The third kappa shape index (κ3) is 4.47. The van der Waals surface area contributed by atoms with Crippen LogP contribution in [0.1, 0.15) is 44.0 Å². The Morgan fingerprint density at radius 1 is 1.13 bits per heavy atom. The maximum absolute atomic E-state index is 12.7. The van der Waals surface area contributed by atoms with Gasteiger partial charge in [-0.1, -0.05) is 12.1 Å². The molecule has 0 saturated carbocycles. The monoisotopic (exact) mass is 319 g/mol. The van der Waals surface area contributed by atoms with E-state index in [9.17, 15) is 9.59 Å². The SMILES string of the molecule is COc1ccccc1C(=O)C1CCN(C(=O)OC(C)(C)C)CC1. The highest BCUT2D eigenvalue weighted by molar-refractivity contribution is 6.00. The zero-order chi connectivity index (χ0) is 17.0. The maximum Gasteiger partial charge on any atom is 0.410 e. The normalized spacial score (nSPS) is 16.1. The van der Waals surface area contributed by atoms with Crippen molar-refractivity contribution in [3.63, 3.8) is 0 Å². The summed E-state index contributed by atoms with van der Waals surface area (Å²) in [6.07, 6.45) is 0.993. The molecule has 0 N–H and O–H groups in total. The minimum Gasteiger partial charge on any atom is -0.496 e.